The van der Waals surface area contributed by atoms with Crippen molar-refractivity contribution in [2.24, 2.45) is 0 Å². The Labute approximate surface area is 106 Å². The number of anilines is 1. The van der Waals surface area contributed by atoms with E-state index < -0.39 is 0 Å². The third kappa shape index (κ3) is 2.91. The Kier molecular flexibility index (Phi) is 3.88. The number of benzene rings is 1. The zero-order valence-electron chi connectivity index (χ0n) is 9.74. The summed E-state index contributed by atoms with van der Waals surface area (Å²) in [5.74, 6) is 0. The smallest absolute Gasteiger partial charge is 0.101 e. The normalized spacial score (nSPS) is 20.9. The van der Waals surface area contributed by atoms with Crippen LogP contribution in [0.4, 0.5) is 5.69 Å². The van der Waals surface area contributed by atoms with Gasteiger partial charge in [-0.05, 0) is 38.0 Å². The van der Waals surface area contributed by atoms with Gasteiger partial charge in [-0.2, -0.15) is 5.26 Å². The summed E-state index contributed by atoms with van der Waals surface area (Å²) < 4.78 is 5.61. The Hall–Kier alpha value is -1.24. The zero-order chi connectivity index (χ0) is 12.3. The van der Waals surface area contributed by atoms with Gasteiger partial charge in [-0.15, -0.1) is 0 Å². The molecule has 1 aromatic carbocycles. The Morgan fingerprint density at radius 1 is 1.59 bits per heavy atom. The van der Waals surface area contributed by atoms with Gasteiger partial charge in [0.15, 0.2) is 0 Å². The Morgan fingerprint density at radius 3 is 3.00 bits per heavy atom. The number of nitrogens with zero attached hydrogens (tertiary/aromatic N) is 1. The number of nitriles is 1. The van der Waals surface area contributed by atoms with Gasteiger partial charge < -0.3 is 10.1 Å². The summed E-state index contributed by atoms with van der Waals surface area (Å²) in [6.07, 6.45) is 2.49. The average Bonchev–Trinajstić information content (AvgIpc) is 2.82. The lowest BCUT2D eigenvalue weighted by atomic mass is 10.1. The molecule has 1 N–H and O–H groups in total. The molecule has 1 fully saturated rings. The van der Waals surface area contributed by atoms with Crippen LogP contribution in [-0.4, -0.2) is 18.8 Å². The lowest BCUT2D eigenvalue weighted by Gasteiger charge is -2.21. The molecule has 3 nitrogen and oxygen atoms in total. The third-order valence-electron chi connectivity index (χ3n) is 3.01. The minimum Gasteiger partial charge on any atom is -0.380 e. The van der Waals surface area contributed by atoms with E-state index in [9.17, 15) is 0 Å². The summed E-state index contributed by atoms with van der Waals surface area (Å²) in [6, 6.07) is 7.68. The average molecular weight is 251 g/mol. The van der Waals surface area contributed by atoms with Gasteiger partial charge in [0.2, 0.25) is 0 Å². The minimum atomic E-state index is 0.251. The van der Waals surface area contributed by atoms with Gasteiger partial charge >= 0.3 is 0 Å². The van der Waals surface area contributed by atoms with Crippen LogP contribution in [0.15, 0.2) is 18.2 Å². The molecule has 0 saturated carbocycles. The highest BCUT2D eigenvalue weighted by Crippen LogP contribution is 2.23. The molecular weight excluding hydrogens is 236 g/mol. The predicted octanol–water partition coefficient (Wildman–Crippen LogP) is 3.19. The topological polar surface area (TPSA) is 45.0 Å². The molecule has 1 aliphatic heterocycles. The van der Waals surface area contributed by atoms with Crippen LogP contribution in [0.2, 0.25) is 5.02 Å². The molecule has 2 atom stereocenters. The minimum absolute atomic E-state index is 0.251. The van der Waals surface area contributed by atoms with E-state index in [0.717, 1.165) is 25.1 Å². The SMILES string of the molecule is CC(Nc1ccc(C#N)c(Cl)c1)C1CCCO1. The third-order valence-corrected chi connectivity index (χ3v) is 3.32. The van der Waals surface area contributed by atoms with Crippen molar-refractivity contribution in [3.8, 4) is 6.07 Å². The van der Waals surface area contributed by atoms with Gasteiger partial charge in [-0.3, -0.25) is 0 Å². The van der Waals surface area contributed by atoms with Gasteiger partial charge in [0.1, 0.15) is 6.07 Å². The second kappa shape index (κ2) is 5.39. The predicted molar refractivity (Wildman–Crippen MR) is 68.2 cm³/mol. The van der Waals surface area contributed by atoms with Crippen LogP contribution in [0.1, 0.15) is 25.3 Å². The fraction of sp³-hybridized carbons (Fsp3) is 0.462. The Morgan fingerprint density at radius 2 is 2.41 bits per heavy atom. The summed E-state index contributed by atoms with van der Waals surface area (Å²) >= 11 is 5.98. The molecule has 0 radical (unpaired) electrons. The van der Waals surface area contributed by atoms with E-state index in [4.69, 9.17) is 21.6 Å². The molecule has 0 spiro atoms. The quantitative estimate of drug-likeness (QED) is 0.896. The number of hydrogen-bond donors (Lipinski definition) is 1. The van der Waals surface area contributed by atoms with Crippen LogP contribution in [0.3, 0.4) is 0 Å². The van der Waals surface area contributed by atoms with E-state index in [1.54, 1.807) is 12.1 Å². The van der Waals surface area contributed by atoms with Crippen LogP contribution in [-0.2, 0) is 4.74 Å². The summed E-state index contributed by atoms with van der Waals surface area (Å²) in [5.41, 5.74) is 1.43. The molecule has 2 rings (SSSR count). The fourth-order valence-corrected chi connectivity index (χ4v) is 2.27. The second-order valence-corrected chi connectivity index (χ2v) is 4.70. The van der Waals surface area contributed by atoms with Crippen molar-refractivity contribution in [1.29, 1.82) is 5.26 Å². The molecule has 17 heavy (non-hydrogen) atoms. The fourth-order valence-electron chi connectivity index (χ4n) is 2.05. The van der Waals surface area contributed by atoms with Crippen LogP contribution in [0, 0.1) is 11.3 Å². The number of nitrogens with one attached hydrogen (secondary N) is 1. The Balaban J connectivity index is 2.03. The van der Waals surface area contributed by atoms with Gasteiger partial charge in [-0.1, -0.05) is 11.6 Å². The maximum atomic E-state index is 8.79. The summed E-state index contributed by atoms with van der Waals surface area (Å²) in [7, 11) is 0. The summed E-state index contributed by atoms with van der Waals surface area (Å²) in [4.78, 5) is 0. The highest BCUT2D eigenvalue weighted by atomic mass is 35.5. The van der Waals surface area contributed by atoms with Crippen LogP contribution in [0.25, 0.3) is 0 Å². The number of rotatable bonds is 3. The molecule has 2 unspecified atom stereocenters. The summed E-state index contributed by atoms with van der Waals surface area (Å²) in [6.45, 7) is 2.95. The molecule has 1 heterocycles. The van der Waals surface area contributed by atoms with Crippen molar-refractivity contribution in [1.82, 2.24) is 0 Å². The molecular formula is C13H15ClN2O. The van der Waals surface area contributed by atoms with Gasteiger partial charge in [-0.25, -0.2) is 0 Å². The molecule has 0 aliphatic carbocycles. The van der Waals surface area contributed by atoms with E-state index in [-0.39, 0.29) is 12.1 Å². The first-order chi connectivity index (χ1) is 8.20. The van der Waals surface area contributed by atoms with Crippen molar-refractivity contribution in [3.63, 3.8) is 0 Å². The maximum Gasteiger partial charge on any atom is 0.101 e. The molecule has 1 aromatic rings. The van der Waals surface area contributed by atoms with Crippen LogP contribution < -0.4 is 5.32 Å². The first kappa shape index (κ1) is 12.2. The molecule has 1 aliphatic rings. The van der Waals surface area contributed by atoms with Crippen molar-refractivity contribution >= 4 is 17.3 Å². The number of hydrogen-bond acceptors (Lipinski definition) is 3. The second-order valence-electron chi connectivity index (χ2n) is 4.29. The number of halogens is 1. The van der Waals surface area contributed by atoms with Crippen LogP contribution >= 0.6 is 11.6 Å². The van der Waals surface area contributed by atoms with Gasteiger partial charge in [0, 0.05) is 18.3 Å². The highest BCUT2D eigenvalue weighted by Gasteiger charge is 2.22. The van der Waals surface area contributed by atoms with E-state index >= 15 is 0 Å². The summed E-state index contributed by atoms with van der Waals surface area (Å²) in [5, 5.41) is 12.6. The first-order valence-corrected chi connectivity index (χ1v) is 6.16. The molecule has 1 saturated heterocycles. The standard InChI is InChI=1S/C13H15ClN2O/c1-9(13-3-2-6-17-13)16-11-5-4-10(8-15)12(14)7-11/h4-5,7,9,13,16H,2-3,6H2,1H3. The van der Waals surface area contributed by atoms with Gasteiger partial charge in [0.05, 0.1) is 16.7 Å². The van der Waals surface area contributed by atoms with Crippen LogP contribution in [0.5, 0.6) is 0 Å². The van der Waals surface area contributed by atoms with Crippen molar-refractivity contribution in [2.75, 3.05) is 11.9 Å². The molecule has 90 valence electrons. The molecule has 0 amide bonds. The van der Waals surface area contributed by atoms with E-state index in [2.05, 4.69) is 12.2 Å². The lowest BCUT2D eigenvalue weighted by Crippen LogP contribution is -2.29. The van der Waals surface area contributed by atoms with E-state index in [0.29, 0.717) is 10.6 Å². The van der Waals surface area contributed by atoms with Crippen molar-refractivity contribution in [3.05, 3.63) is 28.8 Å². The lowest BCUT2D eigenvalue weighted by molar-refractivity contribution is 0.0996. The van der Waals surface area contributed by atoms with Crippen molar-refractivity contribution < 1.29 is 4.74 Å². The van der Waals surface area contributed by atoms with E-state index in [1.165, 1.54) is 0 Å². The maximum absolute atomic E-state index is 8.79. The zero-order valence-corrected chi connectivity index (χ0v) is 10.5. The van der Waals surface area contributed by atoms with Gasteiger partial charge in [0.25, 0.3) is 0 Å². The molecule has 4 heteroatoms. The first-order valence-electron chi connectivity index (χ1n) is 5.78. The number of ether oxygens (including phenoxy) is 1. The monoisotopic (exact) mass is 250 g/mol. The molecule has 0 aromatic heterocycles. The van der Waals surface area contributed by atoms with E-state index in [1.807, 2.05) is 12.1 Å². The van der Waals surface area contributed by atoms with Crippen molar-refractivity contribution in [2.45, 2.75) is 31.9 Å². The highest BCUT2D eigenvalue weighted by molar-refractivity contribution is 6.32. The molecule has 0 bridgehead atoms. The Bertz CT molecular complexity index is 436. The largest absolute Gasteiger partial charge is 0.380 e.